The lowest BCUT2D eigenvalue weighted by atomic mass is 10.2. The Morgan fingerprint density at radius 2 is 2.10 bits per heavy atom. The number of rotatable bonds is 4. The molecule has 0 saturated carbocycles. The smallest absolute Gasteiger partial charge is 0.193 e. The van der Waals surface area contributed by atoms with Crippen molar-refractivity contribution in [1.29, 1.82) is 0 Å². The van der Waals surface area contributed by atoms with Gasteiger partial charge in [0.15, 0.2) is 5.96 Å². The highest BCUT2D eigenvalue weighted by molar-refractivity contribution is 7.99. The van der Waals surface area contributed by atoms with Crippen LogP contribution in [0.25, 0.3) is 0 Å². The molecule has 0 bridgehead atoms. The molecule has 1 unspecified atom stereocenters. The summed E-state index contributed by atoms with van der Waals surface area (Å²) in [5.41, 5.74) is 0. The van der Waals surface area contributed by atoms with Gasteiger partial charge in [0, 0.05) is 50.6 Å². The molecule has 2 rings (SSSR count). The Hall–Kier alpha value is -0.680. The molecule has 20 heavy (non-hydrogen) atoms. The van der Waals surface area contributed by atoms with Gasteiger partial charge in [0.2, 0.25) is 0 Å². The third kappa shape index (κ3) is 3.92. The van der Waals surface area contributed by atoms with Crippen LogP contribution in [0.1, 0.15) is 20.3 Å². The summed E-state index contributed by atoms with van der Waals surface area (Å²) in [5.74, 6) is 1.06. The Morgan fingerprint density at radius 1 is 1.40 bits per heavy atom. The zero-order chi connectivity index (χ0) is 14.6. The number of likely N-dealkylation sites (tertiary alicyclic amines) is 1. The Morgan fingerprint density at radius 3 is 2.70 bits per heavy atom. The van der Waals surface area contributed by atoms with E-state index in [0.29, 0.717) is 6.04 Å². The number of guanidine groups is 1. The summed E-state index contributed by atoms with van der Waals surface area (Å²) in [4.78, 5) is 9.41. The van der Waals surface area contributed by atoms with Crippen LogP contribution in [0.15, 0.2) is 17.1 Å². The minimum atomic E-state index is 0.244. The van der Waals surface area contributed by atoms with E-state index < -0.39 is 0 Å². The van der Waals surface area contributed by atoms with Gasteiger partial charge in [0.1, 0.15) is 0 Å². The molecule has 1 atom stereocenters. The lowest BCUT2D eigenvalue weighted by Crippen LogP contribution is -2.46. The van der Waals surface area contributed by atoms with Gasteiger partial charge < -0.3 is 10.2 Å². The van der Waals surface area contributed by atoms with Crippen molar-refractivity contribution in [2.45, 2.75) is 31.1 Å². The van der Waals surface area contributed by atoms with E-state index in [9.17, 15) is 0 Å². The molecule has 0 radical (unpaired) electrons. The van der Waals surface area contributed by atoms with Crippen LogP contribution in [0, 0.1) is 0 Å². The van der Waals surface area contributed by atoms with Crippen LogP contribution in [-0.4, -0.2) is 72.6 Å². The van der Waals surface area contributed by atoms with Crippen LogP contribution in [0.2, 0.25) is 0 Å². The standard InChI is InChI=1S/C15H28N4S/c1-15(2,20-4)12-17-14(16-3)19-10-7-13(11-19)18-8-5-6-9-18/h5-6,13H,7-12H2,1-4H3,(H,16,17). The van der Waals surface area contributed by atoms with E-state index >= 15 is 0 Å². The molecule has 1 N–H and O–H groups in total. The zero-order valence-electron chi connectivity index (χ0n) is 13.2. The van der Waals surface area contributed by atoms with E-state index in [0.717, 1.165) is 38.7 Å². The van der Waals surface area contributed by atoms with Crippen molar-refractivity contribution in [1.82, 2.24) is 15.1 Å². The quantitative estimate of drug-likeness (QED) is 0.485. The Balaban J connectivity index is 1.84. The molecule has 0 spiro atoms. The van der Waals surface area contributed by atoms with Crippen molar-refractivity contribution in [3.05, 3.63) is 12.2 Å². The molecule has 1 fully saturated rings. The molecule has 0 aliphatic carbocycles. The maximum Gasteiger partial charge on any atom is 0.193 e. The zero-order valence-corrected chi connectivity index (χ0v) is 14.0. The van der Waals surface area contributed by atoms with Crippen LogP contribution >= 0.6 is 11.8 Å². The molecule has 1 saturated heterocycles. The van der Waals surface area contributed by atoms with Crippen LogP contribution in [-0.2, 0) is 0 Å². The molecule has 0 aromatic rings. The Labute approximate surface area is 127 Å². The van der Waals surface area contributed by atoms with Gasteiger partial charge in [0.05, 0.1) is 0 Å². The van der Waals surface area contributed by atoms with Crippen LogP contribution in [0.5, 0.6) is 0 Å². The minimum absolute atomic E-state index is 0.244. The summed E-state index contributed by atoms with van der Waals surface area (Å²) in [5, 5.41) is 3.53. The molecule has 0 amide bonds. The average molecular weight is 296 g/mol. The van der Waals surface area contributed by atoms with Gasteiger partial charge in [-0.2, -0.15) is 11.8 Å². The highest BCUT2D eigenvalue weighted by Gasteiger charge is 2.30. The largest absolute Gasteiger partial charge is 0.355 e. The van der Waals surface area contributed by atoms with Crippen molar-refractivity contribution < 1.29 is 0 Å². The predicted molar refractivity (Wildman–Crippen MR) is 89.6 cm³/mol. The van der Waals surface area contributed by atoms with Crippen molar-refractivity contribution in [3.63, 3.8) is 0 Å². The molecule has 2 heterocycles. The van der Waals surface area contributed by atoms with Gasteiger partial charge in [-0.3, -0.25) is 9.89 Å². The number of hydrogen-bond acceptors (Lipinski definition) is 3. The molecule has 4 nitrogen and oxygen atoms in total. The summed E-state index contributed by atoms with van der Waals surface area (Å²) < 4.78 is 0.244. The van der Waals surface area contributed by atoms with E-state index in [4.69, 9.17) is 0 Å². The monoisotopic (exact) mass is 296 g/mol. The van der Waals surface area contributed by atoms with Crippen LogP contribution in [0.3, 0.4) is 0 Å². The van der Waals surface area contributed by atoms with Gasteiger partial charge in [-0.05, 0) is 26.5 Å². The summed E-state index contributed by atoms with van der Waals surface area (Å²) in [7, 11) is 1.89. The van der Waals surface area contributed by atoms with Gasteiger partial charge in [0.25, 0.3) is 0 Å². The minimum Gasteiger partial charge on any atom is -0.355 e. The van der Waals surface area contributed by atoms with E-state index in [-0.39, 0.29) is 4.75 Å². The number of hydrogen-bond donors (Lipinski definition) is 1. The van der Waals surface area contributed by atoms with Crippen molar-refractivity contribution in [2.75, 3.05) is 46.0 Å². The first-order chi connectivity index (χ1) is 9.55. The third-order valence-electron chi connectivity index (χ3n) is 4.26. The normalized spacial score (nSPS) is 24.7. The molecular formula is C15H28N4S. The highest BCUT2D eigenvalue weighted by Crippen LogP contribution is 2.21. The second-order valence-electron chi connectivity index (χ2n) is 6.18. The fourth-order valence-corrected chi connectivity index (χ4v) is 2.94. The number of thioether (sulfide) groups is 1. The SMILES string of the molecule is CN=C(NCC(C)(C)SC)N1CCC(N2CC=CC2)C1. The van der Waals surface area contributed by atoms with Crippen LogP contribution < -0.4 is 5.32 Å². The van der Waals surface area contributed by atoms with Crippen molar-refractivity contribution in [2.24, 2.45) is 4.99 Å². The van der Waals surface area contributed by atoms with Gasteiger partial charge in [-0.25, -0.2) is 0 Å². The molecule has 0 aromatic carbocycles. The molecule has 2 aliphatic rings. The lowest BCUT2D eigenvalue weighted by Gasteiger charge is -2.28. The fraction of sp³-hybridized carbons (Fsp3) is 0.800. The number of nitrogens with one attached hydrogen (secondary N) is 1. The van der Waals surface area contributed by atoms with Gasteiger partial charge in [-0.15, -0.1) is 0 Å². The van der Waals surface area contributed by atoms with Crippen molar-refractivity contribution >= 4 is 17.7 Å². The first kappa shape index (κ1) is 15.7. The van der Waals surface area contributed by atoms with Gasteiger partial charge >= 0.3 is 0 Å². The summed E-state index contributed by atoms with van der Waals surface area (Å²) >= 11 is 1.89. The first-order valence-corrected chi connectivity index (χ1v) is 8.68. The maximum atomic E-state index is 4.46. The Bertz CT molecular complexity index is 370. The average Bonchev–Trinajstić information content (AvgIpc) is 3.10. The van der Waals surface area contributed by atoms with Crippen LogP contribution in [0.4, 0.5) is 0 Å². The summed E-state index contributed by atoms with van der Waals surface area (Å²) in [6.45, 7) is 9.92. The molecule has 114 valence electrons. The topological polar surface area (TPSA) is 30.9 Å². The maximum absolute atomic E-state index is 4.46. The van der Waals surface area contributed by atoms with E-state index in [1.807, 2.05) is 18.8 Å². The second-order valence-corrected chi connectivity index (χ2v) is 7.69. The summed E-state index contributed by atoms with van der Waals surface area (Å²) in [6.07, 6.45) is 7.96. The molecule has 5 heteroatoms. The van der Waals surface area contributed by atoms with E-state index in [2.05, 4.69) is 52.4 Å². The first-order valence-electron chi connectivity index (χ1n) is 7.45. The molecule has 0 aromatic heterocycles. The molecular weight excluding hydrogens is 268 g/mol. The summed E-state index contributed by atoms with van der Waals surface area (Å²) in [6, 6.07) is 0.678. The lowest BCUT2D eigenvalue weighted by molar-refractivity contribution is 0.259. The van der Waals surface area contributed by atoms with Gasteiger partial charge in [-0.1, -0.05) is 12.2 Å². The fourth-order valence-electron chi connectivity index (χ4n) is 2.72. The van der Waals surface area contributed by atoms with Crippen molar-refractivity contribution in [3.8, 4) is 0 Å². The highest BCUT2D eigenvalue weighted by atomic mass is 32.2. The Kier molecular flexibility index (Phi) is 5.38. The molecule has 2 aliphatic heterocycles. The van der Waals surface area contributed by atoms with E-state index in [1.165, 1.54) is 6.42 Å². The third-order valence-corrected chi connectivity index (χ3v) is 5.51. The predicted octanol–water partition coefficient (Wildman–Crippen LogP) is 1.65. The number of aliphatic imine (C=N–C) groups is 1. The van der Waals surface area contributed by atoms with E-state index in [1.54, 1.807) is 0 Å². The number of nitrogens with zero attached hydrogens (tertiary/aromatic N) is 3. The second kappa shape index (κ2) is 6.85.